The van der Waals surface area contributed by atoms with Gasteiger partial charge in [0.2, 0.25) is 0 Å². The van der Waals surface area contributed by atoms with Crippen molar-refractivity contribution < 1.29 is 14.6 Å². The number of carbonyl (C=O) groups excluding carboxylic acids is 1. The number of aromatic nitrogens is 1. The number of esters is 1. The first-order valence-corrected chi connectivity index (χ1v) is 7.73. The number of ether oxygens (including phenoxy) is 1. The molecule has 1 aromatic rings. The smallest absolute Gasteiger partial charge is 0.341 e. The molecule has 0 aliphatic heterocycles. The molecule has 1 fully saturated rings. The van der Waals surface area contributed by atoms with E-state index >= 15 is 0 Å². The van der Waals surface area contributed by atoms with Crippen LogP contribution >= 0.6 is 0 Å². The van der Waals surface area contributed by atoms with E-state index in [1.165, 1.54) is 12.8 Å². The number of rotatable bonds is 6. The van der Waals surface area contributed by atoms with E-state index in [2.05, 4.69) is 10.3 Å². The highest BCUT2D eigenvalue weighted by molar-refractivity contribution is 5.94. The largest absolute Gasteiger partial charge is 0.462 e. The van der Waals surface area contributed by atoms with E-state index in [0.29, 0.717) is 29.8 Å². The van der Waals surface area contributed by atoms with Gasteiger partial charge in [0.25, 0.3) is 0 Å². The molecule has 5 heteroatoms. The maximum absolute atomic E-state index is 11.9. The van der Waals surface area contributed by atoms with Gasteiger partial charge in [0.15, 0.2) is 0 Å². The Morgan fingerprint density at radius 2 is 2.19 bits per heavy atom. The summed E-state index contributed by atoms with van der Waals surface area (Å²) in [6.45, 7) is 3.10. The standard InChI is InChI=1S/C16H24N2O3/c1-2-21-16(20)14-8-5-9-17-15(14)18-10-12-6-3-4-7-13(12)11-19/h5,8-9,12-13,19H,2-4,6-7,10-11H2,1H3,(H,17,18). The van der Waals surface area contributed by atoms with Crippen LogP contribution in [0.3, 0.4) is 0 Å². The summed E-state index contributed by atoms with van der Waals surface area (Å²) in [7, 11) is 0. The quantitative estimate of drug-likeness (QED) is 0.788. The monoisotopic (exact) mass is 292 g/mol. The Balaban J connectivity index is 2.00. The molecule has 2 N–H and O–H groups in total. The van der Waals surface area contributed by atoms with Gasteiger partial charge >= 0.3 is 5.97 Å². The number of aliphatic hydroxyl groups is 1. The van der Waals surface area contributed by atoms with Crippen LogP contribution in [-0.2, 0) is 4.74 Å². The molecule has 1 aromatic heterocycles. The fourth-order valence-corrected chi connectivity index (χ4v) is 2.94. The van der Waals surface area contributed by atoms with Crippen molar-refractivity contribution in [3.63, 3.8) is 0 Å². The zero-order valence-electron chi connectivity index (χ0n) is 12.5. The summed E-state index contributed by atoms with van der Waals surface area (Å²) in [5, 5.41) is 12.7. The van der Waals surface area contributed by atoms with Gasteiger partial charge in [-0.1, -0.05) is 12.8 Å². The van der Waals surface area contributed by atoms with E-state index in [-0.39, 0.29) is 12.6 Å². The molecule has 0 spiro atoms. The molecular weight excluding hydrogens is 268 g/mol. The van der Waals surface area contributed by atoms with Gasteiger partial charge in [-0.2, -0.15) is 0 Å². The van der Waals surface area contributed by atoms with Crippen molar-refractivity contribution in [1.29, 1.82) is 0 Å². The Labute approximate surface area is 125 Å². The van der Waals surface area contributed by atoms with Crippen LogP contribution in [0.5, 0.6) is 0 Å². The third-order valence-electron chi connectivity index (χ3n) is 4.14. The molecule has 0 saturated heterocycles. The Morgan fingerprint density at radius 1 is 1.43 bits per heavy atom. The van der Waals surface area contributed by atoms with Crippen LogP contribution in [0.25, 0.3) is 0 Å². The fraction of sp³-hybridized carbons (Fsp3) is 0.625. The number of nitrogens with zero attached hydrogens (tertiary/aromatic N) is 1. The van der Waals surface area contributed by atoms with Crippen molar-refractivity contribution in [3.05, 3.63) is 23.9 Å². The predicted molar refractivity (Wildman–Crippen MR) is 81.2 cm³/mol. The number of pyridine rings is 1. The topological polar surface area (TPSA) is 71.5 Å². The van der Waals surface area contributed by atoms with Gasteiger partial charge in [-0.3, -0.25) is 0 Å². The van der Waals surface area contributed by atoms with Gasteiger partial charge in [-0.05, 0) is 43.7 Å². The van der Waals surface area contributed by atoms with E-state index < -0.39 is 0 Å². The SMILES string of the molecule is CCOC(=O)c1cccnc1NCC1CCCCC1CO. The normalized spacial score (nSPS) is 21.8. The first kappa shape index (κ1) is 15.8. The molecule has 1 aliphatic carbocycles. The van der Waals surface area contributed by atoms with Crippen LogP contribution in [0.1, 0.15) is 43.0 Å². The number of anilines is 1. The minimum absolute atomic E-state index is 0.235. The lowest BCUT2D eigenvalue weighted by atomic mass is 9.79. The van der Waals surface area contributed by atoms with Crippen LogP contribution < -0.4 is 5.32 Å². The number of aliphatic hydroxyl groups excluding tert-OH is 1. The molecule has 0 radical (unpaired) electrons. The molecule has 5 nitrogen and oxygen atoms in total. The first-order chi connectivity index (χ1) is 10.3. The highest BCUT2D eigenvalue weighted by Gasteiger charge is 2.24. The van der Waals surface area contributed by atoms with Crippen molar-refractivity contribution in [3.8, 4) is 0 Å². The van der Waals surface area contributed by atoms with Crippen molar-refractivity contribution in [2.75, 3.05) is 25.1 Å². The molecule has 21 heavy (non-hydrogen) atoms. The maximum atomic E-state index is 11.9. The first-order valence-electron chi connectivity index (χ1n) is 7.73. The lowest BCUT2D eigenvalue weighted by molar-refractivity contribution is 0.0527. The van der Waals surface area contributed by atoms with Crippen LogP contribution in [0.4, 0.5) is 5.82 Å². The highest BCUT2D eigenvalue weighted by atomic mass is 16.5. The highest BCUT2D eigenvalue weighted by Crippen LogP contribution is 2.30. The lowest BCUT2D eigenvalue weighted by Crippen LogP contribution is -2.29. The molecule has 2 rings (SSSR count). The Morgan fingerprint density at radius 3 is 2.90 bits per heavy atom. The van der Waals surface area contributed by atoms with Crippen molar-refractivity contribution in [1.82, 2.24) is 4.98 Å². The van der Waals surface area contributed by atoms with E-state index in [4.69, 9.17) is 4.74 Å². The lowest BCUT2D eigenvalue weighted by Gasteiger charge is -2.30. The second kappa shape index (κ2) is 7.98. The minimum Gasteiger partial charge on any atom is -0.462 e. The van der Waals surface area contributed by atoms with Gasteiger partial charge in [-0.25, -0.2) is 9.78 Å². The molecule has 0 bridgehead atoms. The average molecular weight is 292 g/mol. The van der Waals surface area contributed by atoms with Crippen LogP contribution in [0.2, 0.25) is 0 Å². The summed E-state index contributed by atoms with van der Waals surface area (Å²) in [5.74, 6) is 0.996. The van der Waals surface area contributed by atoms with Gasteiger partial charge in [0.1, 0.15) is 11.4 Å². The van der Waals surface area contributed by atoms with Crippen molar-refractivity contribution in [2.24, 2.45) is 11.8 Å². The Bertz CT molecular complexity index is 465. The van der Waals surface area contributed by atoms with Crippen molar-refractivity contribution >= 4 is 11.8 Å². The van der Waals surface area contributed by atoms with E-state index in [0.717, 1.165) is 19.4 Å². The average Bonchev–Trinajstić information content (AvgIpc) is 2.53. The summed E-state index contributed by atoms with van der Waals surface area (Å²) in [4.78, 5) is 16.1. The van der Waals surface area contributed by atoms with Crippen LogP contribution in [0.15, 0.2) is 18.3 Å². The summed E-state index contributed by atoms with van der Waals surface area (Å²) in [5.41, 5.74) is 0.468. The number of carbonyl (C=O) groups is 1. The third-order valence-corrected chi connectivity index (χ3v) is 4.14. The number of hydrogen-bond acceptors (Lipinski definition) is 5. The fourth-order valence-electron chi connectivity index (χ4n) is 2.94. The van der Waals surface area contributed by atoms with Gasteiger partial charge in [0, 0.05) is 19.3 Å². The molecule has 0 amide bonds. The number of nitrogens with one attached hydrogen (secondary N) is 1. The van der Waals surface area contributed by atoms with E-state index in [1.54, 1.807) is 25.3 Å². The van der Waals surface area contributed by atoms with Crippen LogP contribution in [0, 0.1) is 11.8 Å². The molecule has 116 valence electrons. The van der Waals surface area contributed by atoms with E-state index in [1.807, 2.05) is 0 Å². The summed E-state index contributed by atoms with van der Waals surface area (Å²) in [6, 6.07) is 3.45. The maximum Gasteiger partial charge on any atom is 0.341 e. The van der Waals surface area contributed by atoms with E-state index in [9.17, 15) is 9.90 Å². The zero-order valence-corrected chi connectivity index (χ0v) is 12.5. The van der Waals surface area contributed by atoms with Gasteiger partial charge in [0.05, 0.1) is 6.61 Å². The summed E-state index contributed by atoms with van der Waals surface area (Å²) < 4.78 is 5.04. The minimum atomic E-state index is -0.351. The summed E-state index contributed by atoms with van der Waals surface area (Å²) >= 11 is 0. The number of hydrogen-bond donors (Lipinski definition) is 2. The molecule has 1 aliphatic rings. The Hall–Kier alpha value is -1.62. The molecule has 2 unspecified atom stereocenters. The molecule has 1 saturated carbocycles. The Kier molecular flexibility index (Phi) is 5.99. The van der Waals surface area contributed by atoms with Gasteiger partial charge < -0.3 is 15.2 Å². The third kappa shape index (κ3) is 4.17. The van der Waals surface area contributed by atoms with Gasteiger partial charge in [-0.15, -0.1) is 0 Å². The molecular formula is C16H24N2O3. The zero-order chi connectivity index (χ0) is 15.1. The second-order valence-corrected chi connectivity index (χ2v) is 5.49. The van der Waals surface area contributed by atoms with Crippen molar-refractivity contribution in [2.45, 2.75) is 32.6 Å². The van der Waals surface area contributed by atoms with Crippen LogP contribution in [-0.4, -0.2) is 35.8 Å². The molecule has 2 atom stereocenters. The molecule has 1 heterocycles. The molecule has 0 aromatic carbocycles. The second-order valence-electron chi connectivity index (χ2n) is 5.49. The summed E-state index contributed by atoms with van der Waals surface area (Å²) in [6.07, 6.45) is 6.25. The predicted octanol–water partition coefficient (Wildman–Crippen LogP) is 2.47.